The second kappa shape index (κ2) is 4.25. The molecule has 5 nitrogen and oxygen atoms in total. The minimum Gasteiger partial charge on any atom is -0.449 e. The van der Waals surface area contributed by atoms with Crippen LogP contribution in [-0.4, -0.2) is 35.6 Å². The predicted octanol–water partition coefficient (Wildman–Crippen LogP) is 2.61. The molecule has 0 atom stereocenters. The van der Waals surface area contributed by atoms with Crippen LogP contribution in [0.2, 0.25) is 0 Å². The highest BCUT2D eigenvalue weighted by Gasteiger charge is 2.77. The van der Waals surface area contributed by atoms with E-state index in [-0.39, 0.29) is 0 Å². The summed E-state index contributed by atoms with van der Waals surface area (Å²) in [5.41, 5.74) is 0. The van der Waals surface area contributed by atoms with E-state index in [0.717, 1.165) is 0 Å². The van der Waals surface area contributed by atoms with E-state index >= 15 is 0 Å². The van der Waals surface area contributed by atoms with Gasteiger partial charge in [-0.2, -0.15) is 30.7 Å². The van der Waals surface area contributed by atoms with E-state index in [1.165, 1.54) is 0 Å². The van der Waals surface area contributed by atoms with Gasteiger partial charge < -0.3 is 14.6 Å². The van der Waals surface area contributed by atoms with E-state index in [0.29, 0.717) is 0 Å². The van der Waals surface area contributed by atoms with Crippen LogP contribution in [0.25, 0.3) is 0 Å². The van der Waals surface area contributed by atoms with Crippen LogP contribution < -0.4 is 0 Å². The summed E-state index contributed by atoms with van der Waals surface area (Å²) in [7, 11) is 0. The molecule has 0 aromatic rings. The fourth-order valence-corrected chi connectivity index (χ4v) is 0.483. The third-order valence-corrected chi connectivity index (χ3v) is 1.12. The quantitative estimate of drug-likeness (QED) is 0.452. The van der Waals surface area contributed by atoms with Crippen LogP contribution in [0, 0.1) is 0 Å². The number of halogens is 7. The maximum atomic E-state index is 12.5. The van der Waals surface area contributed by atoms with Crippen LogP contribution in [0.4, 0.5) is 40.3 Å². The molecule has 0 aromatic heterocycles. The second-order valence-electron chi connectivity index (χ2n) is 2.31. The summed E-state index contributed by atoms with van der Waals surface area (Å²) < 4.78 is 87.9. The van der Waals surface area contributed by atoms with E-state index in [4.69, 9.17) is 5.11 Å². The Morgan fingerprint density at radius 1 is 0.882 bits per heavy atom. The number of hydrogen-bond donors (Lipinski definition) is 1. The molecule has 0 radical (unpaired) electrons. The largest absolute Gasteiger partial charge is 0.521 e. The fraction of sp³-hybridized carbons (Fsp3) is 0.600. The van der Waals surface area contributed by atoms with E-state index in [2.05, 4.69) is 9.47 Å². The van der Waals surface area contributed by atoms with Gasteiger partial charge in [-0.1, -0.05) is 0 Å². The lowest BCUT2D eigenvalue weighted by Crippen LogP contribution is -2.56. The molecular formula is C5HF7O5. The monoisotopic (exact) mass is 274 g/mol. The molecular weight excluding hydrogens is 273 g/mol. The van der Waals surface area contributed by atoms with Crippen molar-refractivity contribution in [2.75, 3.05) is 0 Å². The first-order valence-electron chi connectivity index (χ1n) is 3.27. The summed E-state index contributed by atoms with van der Waals surface area (Å²) in [4.78, 5) is 19.7. The molecule has 12 heteroatoms. The zero-order chi connectivity index (χ0) is 14.1. The molecule has 17 heavy (non-hydrogen) atoms. The topological polar surface area (TPSA) is 72.8 Å². The van der Waals surface area contributed by atoms with Crippen molar-refractivity contribution in [2.24, 2.45) is 0 Å². The molecule has 0 amide bonds. The summed E-state index contributed by atoms with van der Waals surface area (Å²) in [5.74, 6) is -6.35. The molecule has 0 saturated heterocycles. The Labute approximate surface area is 86.7 Å². The Morgan fingerprint density at radius 2 is 1.24 bits per heavy atom. The second-order valence-corrected chi connectivity index (χ2v) is 2.31. The van der Waals surface area contributed by atoms with Crippen LogP contribution in [0.3, 0.4) is 0 Å². The van der Waals surface area contributed by atoms with Crippen molar-refractivity contribution in [3.05, 3.63) is 0 Å². The zero-order valence-corrected chi connectivity index (χ0v) is 7.23. The lowest BCUT2D eigenvalue weighted by molar-refractivity contribution is -0.416. The van der Waals surface area contributed by atoms with Gasteiger partial charge in [0.15, 0.2) is 0 Å². The molecule has 0 bridgehead atoms. The van der Waals surface area contributed by atoms with Gasteiger partial charge in [-0.3, -0.25) is 0 Å². The predicted molar refractivity (Wildman–Crippen MR) is 31.5 cm³/mol. The average Bonchev–Trinajstić information content (AvgIpc) is 1.97. The lowest BCUT2D eigenvalue weighted by atomic mass is 10.3. The molecule has 0 spiro atoms. The van der Waals surface area contributed by atoms with Crippen LogP contribution in [-0.2, 0) is 9.47 Å². The van der Waals surface area contributed by atoms with Crippen LogP contribution in [0.1, 0.15) is 0 Å². The minimum atomic E-state index is -6.65. The van der Waals surface area contributed by atoms with Crippen molar-refractivity contribution < 1.29 is 54.9 Å². The Bertz CT molecular complexity index is 304. The smallest absolute Gasteiger partial charge is 0.449 e. The highest BCUT2D eigenvalue weighted by molar-refractivity contribution is 5.75. The molecule has 0 aromatic carbocycles. The van der Waals surface area contributed by atoms with E-state index in [1.807, 2.05) is 0 Å². The molecule has 0 unspecified atom stereocenters. The molecule has 0 saturated carbocycles. The maximum absolute atomic E-state index is 12.5. The summed E-state index contributed by atoms with van der Waals surface area (Å²) >= 11 is 0. The number of alkyl halides is 7. The minimum absolute atomic E-state index is 2.32. The van der Waals surface area contributed by atoms with E-state index < -0.39 is 30.5 Å². The highest BCUT2D eigenvalue weighted by Crippen LogP contribution is 2.47. The van der Waals surface area contributed by atoms with Gasteiger partial charge in [0.25, 0.3) is 0 Å². The third kappa shape index (κ3) is 3.35. The first kappa shape index (κ1) is 15.2. The van der Waals surface area contributed by atoms with Crippen LogP contribution in [0.5, 0.6) is 0 Å². The van der Waals surface area contributed by atoms with E-state index in [9.17, 15) is 40.3 Å². The first-order valence-corrected chi connectivity index (χ1v) is 3.27. The summed E-state index contributed by atoms with van der Waals surface area (Å²) in [6.45, 7) is 0. The Balaban J connectivity index is 5.12. The fourth-order valence-electron chi connectivity index (χ4n) is 0.483. The van der Waals surface area contributed by atoms with Crippen molar-refractivity contribution in [1.82, 2.24) is 0 Å². The summed E-state index contributed by atoms with van der Waals surface area (Å²) in [6.07, 6.45) is -18.9. The molecule has 1 N–H and O–H groups in total. The Hall–Kier alpha value is -1.75. The SMILES string of the molecule is O=C(O)OC(=O)OC(F)(C(F)(F)F)C(F)(F)F. The maximum Gasteiger partial charge on any atom is 0.521 e. The van der Waals surface area contributed by atoms with Gasteiger partial charge in [-0.25, -0.2) is 9.59 Å². The summed E-state index contributed by atoms with van der Waals surface area (Å²) in [6, 6.07) is 0. The van der Waals surface area contributed by atoms with Gasteiger partial charge in [-0.05, 0) is 0 Å². The molecule has 0 aliphatic heterocycles. The number of hydrogen-bond acceptors (Lipinski definition) is 4. The van der Waals surface area contributed by atoms with Crippen molar-refractivity contribution >= 4 is 12.3 Å². The van der Waals surface area contributed by atoms with Crippen molar-refractivity contribution in [3.8, 4) is 0 Å². The Kier molecular flexibility index (Phi) is 3.82. The summed E-state index contributed by atoms with van der Waals surface area (Å²) in [5, 5.41) is 7.68. The first-order chi connectivity index (χ1) is 7.31. The number of rotatable bonds is 1. The van der Waals surface area contributed by atoms with Gasteiger partial charge in [0.2, 0.25) is 0 Å². The van der Waals surface area contributed by atoms with Crippen molar-refractivity contribution in [2.45, 2.75) is 18.2 Å². The average molecular weight is 274 g/mol. The number of ether oxygens (including phenoxy) is 2. The molecule has 0 aliphatic rings. The van der Waals surface area contributed by atoms with Crippen LogP contribution in [0.15, 0.2) is 0 Å². The van der Waals surface area contributed by atoms with Crippen LogP contribution >= 0.6 is 0 Å². The molecule has 0 rings (SSSR count). The molecule has 0 aliphatic carbocycles. The van der Waals surface area contributed by atoms with Gasteiger partial charge in [-0.15, -0.1) is 0 Å². The van der Waals surface area contributed by atoms with E-state index in [1.54, 1.807) is 0 Å². The van der Waals surface area contributed by atoms with Gasteiger partial charge in [0.05, 0.1) is 0 Å². The molecule has 0 heterocycles. The number of carbonyl (C=O) groups excluding carboxylic acids is 1. The zero-order valence-electron chi connectivity index (χ0n) is 7.23. The lowest BCUT2D eigenvalue weighted by Gasteiger charge is -2.27. The third-order valence-electron chi connectivity index (χ3n) is 1.12. The highest BCUT2D eigenvalue weighted by atomic mass is 19.4. The normalized spacial score (nSPS) is 13.1. The Morgan fingerprint density at radius 3 is 1.47 bits per heavy atom. The molecule has 100 valence electrons. The standard InChI is InChI=1S/C5HF7O5/c6-3(4(7,8)9,5(10,11)12)17-2(15)16-1(13)14/h(H,13,14). The van der Waals surface area contributed by atoms with Gasteiger partial charge >= 0.3 is 30.5 Å². The van der Waals surface area contributed by atoms with Crippen molar-refractivity contribution in [3.63, 3.8) is 0 Å². The number of carboxylic acid groups (broad SMARTS) is 1. The van der Waals surface area contributed by atoms with Gasteiger partial charge in [0.1, 0.15) is 0 Å². The molecule has 0 fully saturated rings. The van der Waals surface area contributed by atoms with Crippen molar-refractivity contribution in [1.29, 1.82) is 0 Å². The van der Waals surface area contributed by atoms with Gasteiger partial charge in [0, 0.05) is 0 Å². The number of carbonyl (C=O) groups is 2.